The molecule has 0 spiro atoms. The molecule has 10 saturated carbocycles. The first-order valence-corrected chi connectivity index (χ1v) is 43.3. The van der Waals surface area contributed by atoms with E-state index >= 15 is 0 Å². The van der Waals surface area contributed by atoms with Crippen molar-refractivity contribution in [2.75, 3.05) is 0 Å². The van der Waals surface area contributed by atoms with Crippen molar-refractivity contribution in [1.82, 2.24) is 0 Å². The van der Waals surface area contributed by atoms with Gasteiger partial charge in [0.15, 0.2) is 0 Å². The van der Waals surface area contributed by atoms with Crippen molar-refractivity contribution in [3.63, 3.8) is 0 Å². The largest absolute Gasteiger partial charge is 0.0651 e. The molecule has 0 bridgehead atoms. The summed E-state index contributed by atoms with van der Waals surface area (Å²) in [5.74, 6) is 22.0. The molecule has 0 aliphatic heterocycles. The second kappa shape index (κ2) is 45.4. The SMILES string of the molecule is CC(C)(C)C(C)(C)C.CC(C)C(C)C(C)C.CC1(C2CC2)CC1.CC1CC(C)(C)C1.CC1CC(C)C1C.CC1CCC1(C)C.CC1C[C@H](C)C1C.CCC(C)(C)C(C)C.CCC(C)C(C)(C)C.CCC1CC(C)C1.CCC1CCC1C.CC[C@@H](C)C(C)(C)C.C[C@H]1CC1C1CC1. The van der Waals surface area contributed by atoms with Gasteiger partial charge in [-0.05, 0) is 276 Å². The minimum atomic E-state index is 0.437. The van der Waals surface area contributed by atoms with Crippen molar-refractivity contribution in [2.24, 2.45) is 174 Å². The molecule has 0 aromatic heterocycles. The van der Waals surface area contributed by atoms with Gasteiger partial charge in [-0.2, -0.15) is 0 Å². The fourth-order valence-corrected chi connectivity index (χ4v) is 13.7. The first kappa shape index (κ1) is 100. The molecule has 0 amide bonds. The average molecular weight is 1350 g/mol. The maximum Gasteiger partial charge on any atom is -0.0297 e. The monoisotopic (exact) mass is 1350 g/mol. The molecule has 582 valence electrons. The van der Waals surface area contributed by atoms with E-state index < -0.39 is 0 Å². The fourth-order valence-electron chi connectivity index (χ4n) is 13.7. The van der Waals surface area contributed by atoms with E-state index in [9.17, 15) is 0 Å². The van der Waals surface area contributed by atoms with E-state index in [1.54, 1.807) is 19.3 Å². The molecule has 0 aromatic carbocycles. The molecule has 10 fully saturated rings. The van der Waals surface area contributed by atoms with Crippen LogP contribution in [-0.4, -0.2) is 0 Å². The van der Waals surface area contributed by atoms with Crippen molar-refractivity contribution >= 4 is 0 Å². The van der Waals surface area contributed by atoms with Gasteiger partial charge in [0, 0.05) is 0 Å². The van der Waals surface area contributed by atoms with Crippen LogP contribution in [-0.2, 0) is 0 Å². The Bertz CT molecular complexity index is 1750. The maximum atomic E-state index is 2.44. The second-order valence-electron chi connectivity index (χ2n) is 44.1. The van der Waals surface area contributed by atoms with Gasteiger partial charge in [-0.25, -0.2) is 0 Å². The predicted molar refractivity (Wildman–Crippen MR) is 447 cm³/mol. The van der Waals surface area contributed by atoms with Crippen LogP contribution in [0.4, 0.5) is 0 Å². The molecule has 10 rings (SSSR count). The van der Waals surface area contributed by atoms with Crippen molar-refractivity contribution < 1.29 is 0 Å². The molecule has 10 aliphatic rings. The second-order valence-corrected chi connectivity index (χ2v) is 44.1. The Morgan fingerprint density at radius 2 is 0.760 bits per heavy atom. The van der Waals surface area contributed by atoms with E-state index in [1.807, 2.05) is 0 Å². The van der Waals surface area contributed by atoms with Crippen molar-refractivity contribution in [2.45, 2.75) is 446 Å². The maximum absolute atomic E-state index is 2.44. The van der Waals surface area contributed by atoms with E-state index in [4.69, 9.17) is 0 Å². The lowest BCUT2D eigenvalue weighted by molar-refractivity contribution is 0.0892. The molecule has 96 heavy (non-hydrogen) atoms. The molecule has 0 aromatic rings. The fraction of sp³-hybridized carbons (Fsp3) is 1.00. The summed E-state index contributed by atoms with van der Waals surface area (Å²) in [7, 11) is 0. The Hall–Kier alpha value is 0. The summed E-state index contributed by atoms with van der Waals surface area (Å²) in [6.45, 7) is 102. The van der Waals surface area contributed by atoms with E-state index in [2.05, 4.69) is 305 Å². The van der Waals surface area contributed by atoms with E-state index in [1.165, 1.54) is 134 Å². The minimum Gasteiger partial charge on any atom is -0.0651 e. The molecular formula is C96H198. The van der Waals surface area contributed by atoms with Crippen LogP contribution in [0.5, 0.6) is 0 Å². The van der Waals surface area contributed by atoms with Crippen LogP contribution in [0.15, 0.2) is 0 Å². The highest BCUT2D eigenvalue weighted by Gasteiger charge is 2.49. The summed E-state index contributed by atoms with van der Waals surface area (Å²) in [4.78, 5) is 0. The third-order valence-electron chi connectivity index (χ3n) is 29.8. The highest BCUT2D eigenvalue weighted by Crippen LogP contribution is 2.61. The molecule has 0 nitrogen and oxygen atoms in total. The molecule has 0 heterocycles. The van der Waals surface area contributed by atoms with Crippen LogP contribution < -0.4 is 0 Å². The third-order valence-corrected chi connectivity index (χ3v) is 29.8. The average Bonchev–Trinajstić information content (AvgIpc) is 1.60. The molecule has 10 aliphatic carbocycles. The van der Waals surface area contributed by atoms with Gasteiger partial charge < -0.3 is 0 Å². The van der Waals surface area contributed by atoms with Crippen molar-refractivity contribution in [3.05, 3.63) is 0 Å². The minimum absolute atomic E-state index is 0.437. The van der Waals surface area contributed by atoms with Gasteiger partial charge >= 0.3 is 0 Å². The van der Waals surface area contributed by atoms with Crippen LogP contribution in [0, 0.1) is 174 Å². The Morgan fingerprint density at radius 1 is 0.396 bits per heavy atom. The Morgan fingerprint density at radius 3 is 0.792 bits per heavy atom. The molecular weight excluding hydrogens is 1150 g/mol. The first-order chi connectivity index (χ1) is 43.3. The highest BCUT2D eigenvalue weighted by molar-refractivity contribution is 5.00. The summed E-state index contributed by atoms with van der Waals surface area (Å²) in [5.41, 5.74) is 4.67. The van der Waals surface area contributed by atoms with Crippen LogP contribution >= 0.6 is 0 Å². The van der Waals surface area contributed by atoms with Crippen LogP contribution in [0.1, 0.15) is 446 Å². The van der Waals surface area contributed by atoms with Crippen LogP contribution in [0.2, 0.25) is 0 Å². The van der Waals surface area contributed by atoms with Crippen LogP contribution in [0.25, 0.3) is 0 Å². The Labute approximate surface area is 615 Å². The van der Waals surface area contributed by atoms with Gasteiger partial charge in [0.05, 0.1) is 0 Å². The van der Waals surface area contributed by atoms with Gasteiger partial charge in [-0.1, -0.05) is 343 Å². The number of hydrogen-bond acceptors (Lipinski definition) is 0. The highest BCUT2D eigenvalue weighted by atomic mass is 14.5. The zero-order chi connectivity index (χ0) is 76.3. The van der Waals surface area contributed by atoms with E-state index in [0.717, 1.165) is 124 Å². The summed E-state index contributed by atoms with van der Waals surface area (Å²) >= 11 is 0. The standard InChI is InChI=1S/5C8H18.2C7H12.6C7H14/c1-7(2,3)8(4,5)6;2*1-6-7(2)8(3,4)5;1-6-8(4,5)7(2)3;1-6(2)8(5)7(3)4;1-7(4-5-7)6-2-3-6;1-5-4-7(5)6-2-3-6;1-6-4-7(2,3)5-6;1-6-4-5-7(6,2)3;2*1-5-4-6(2)7(5)3;1-3-7-4-6(2)5-7;1-3-7-5-4-6(7)2/h1-6H3;3*7H,6H2,1-5H3;6-8H,1-5H3;6H,2-5H2,1H3;5-7H,2-4H2,1H3;2*6H,4-5H2,1-3H3;2*5-7H,4H2,1-3H3;2*6-7H,3-5H2,1-2H3/t;7-;;;;;5-,7?;;;5-,6?,7?;;;/m.1....0..0.../s1. The summed E-state index contributed by atoms with van der Waals surface area (Å²) in [6.07, 6.45) is 32.1. The molecule has 0 saturated heterocycles. The summed E-state index contributed by atoms with van der Waals surface area (Å²) in [6, 6.07) is 0. The zero-order valence-electron chi connectivity index (χ0n) is 76.3. The van der Waals surface area contributed by atoms with Gasteiger partial charge in [-0.3, -0.25) is 0 Å². The zero-order valence-corrected chi connectivity index (χ0v) is 76.3. The Balaban J connectivity index is -0.000000976. The summed E-state index contributed by atoms with van der Waals surface area (Å²) < 4.78 is 0. The molecule has 12 atom stereocenters. The lowest BCUT2D eigenvalue weighted by Gasteiger charge is -2.42. The van der Waals surface area contributed by atoms with E-state index in [-0.39, 0.29) is 0 Å². The van der Waals surface area contributed by atoms with Gasteiger partial charge in [0.25, 0.3) is 0 Å². The molecule has 0 heteroatoms. The molecule has 0 radical (unpaired) electrons. The first-order valence-electron chi connectivity index (χ1n) is 43.3. The molecule has 0 N–H and O–H groups in total. The number of hydrogen-bond donors (Lipinski definition) is 0. The van der Waals surface area contributed by atoms with Gasteiger partial charge in [-0.15, -0.1) is 0 Å². The third kappa shape index (κ3) is 44.0. The Kier molecular flexibility index (Phi) is 47.4. The molecule has 9 unspecified atom stereocenters. The van der Waals surface area contributed by atoms with Gasteiger partial charge in [0.1, 0.15) is 0 Å². The van der Waals surface area contributed by atoms with Crippen molar-refractivity contribution in [3.8, 4) is 0 Å². The lowest BCUT2D eigenvalue weighted by Crippen LogP contribution is -2.31. The van der Waals surface area contributed by atoms with Crippen LogP contribution in [0.3, 0.4) is 0 Å². The predicted octanol–water partition coefficient (Wildman–Crippen LogP) is 33.9. The van der Waals surface area contributed by atoms with Gasteiger partial charge in [0.2, 0.25) is 0 Å². The number of rotatable bonds is 10. The van der Waals surface area contributed by atoms with Crippen molar-refractivity contribution in [1.29, 1.82) is 0 Å². The normalized spacial score (nSPS) is 30.3. The smallest absolute Gasteiger partial charge is 0.0297 e. The topological polar surface area (TPSA) is 0 Å². The quantitative estimate of drug-likeness (QED) is 0.205. The lowest BCUT2D eigenvalue weighted by atomic mass is 9.64. The van der Waals surface area contributed by atoms with E-state index in [0.29, 0.717) is 37.9 Å². The summed E-state index contributed by atoms with van der Waals surface area (Å²) in [5, 5.41) is 0.